The van der Waals surface area contributed by atoms with Gasteiger partial charge in [0.1, 0.15) is 11.5 Å². The van der Waals surface area contributed by atoms with Gasteiger partial charge in [0.15, 0.2) is 0 Å². The lowest BCUT2D eigenvalue weighted by Gasteiger charge is -2.10. The highest BCUT2D eigenvalue weighted by Crippen LogP contribution is 2.27. The Morgan fingerprint density at radius 1 is 1.11 bits per heavy atom. The smallest absolute Gasteiger partial charge is 0.150 e. The van der Waals surface area contributed by atoms with Crippen LogP contribution in [0.15, 0.2) is 55.1 Å². The molecule has 0 saturated heterocycles. The Labute approximate surface area is 112 Å². The molecule has 0 amide bonds. The second-order valence-corrected chi connectivity index (χ2v) is 3.95. The van der Waals surface area contributed by atoms with Crippen LogP contribution >= 0.6 is 0 Å². The van der Waals surface area contributed by atoms with Gasteiger partial charge in [-0.3, -0.25) is 10.3 Å². The first-order valence-electron chi connectivity index (χ1n) is 5.81. The van der Waals surface area contributed by atoms with Gasteiger partial charge in [-0.15, -0.1) is 0 Å². The van der Waals surface area contributed by atoms with Gasteiger partial charge in [0, 0.05) is 0 Å². The zero-order chi connectivity index (χ0) is 13.7. The SMILES string of the molecule is C=C(NOC)c1ccc(Oc2ccccc2N)cc1. The minimum absolute atomic E-state index is 0.608. The number of hydroxylamine groups is 1. The lowest BCUT2D eigenvalue weighted by molar-refractivity contribution is 0.137. The number of benzene rings is 2. The van der Waals surface area contributed by atoms with E-state index in [0.29, 0.717) is 22.9 Å². The molecule has 0 unspecified atom stereocenters. The molecule has 0 aromatic heterocycles. The maximum Gasteiger partial charge on any atom is 0.150 e. The average Bonchev–Trinajstić information content (AvgIpc) is 2.42. The van der Waals surface area contributed by atoms with Crippen molar-refractivity contribution in [2.75, 3.05) is 12.8 Å². The molecule has 19 heavy (non-hydrogen) atoms. The van der Waals surface area contributed by atoms with Gasteiger partial charge in [0.2, 0.25) is 0 Å². The van der Waals surface area contributed by atoms with Crippen LogP contribution in [0.2, 0.25) is 0 Å². The number of rotatable bonds is 5. The summed E-state index contributed by atoms with van der Waals surface area (Å²) in [5.41, 5.74) is 10.7. The number of anilines is 1. The zero-order valence-corrected chi connectivity index (χ0v) is 10.7. The van der Waals surface area contributed by atoms with Crippen LogP contribution in [-0.4, -0.2) is 7.11 Å². The normalized spacial score (nSPS) is 9.95. The fraction of sp³-hybridized carbons (Fsp3) is 0.0667. The quantitative estimate of drug-likeness (QED) is 0.637. The van der Waals surface area contributed by atoms with Crippen LogP contribution in [0.3, 0.4) is 0 Å². The molecule has 0 saturated carbocycles. The fourth-order valence-electron chi connectivity index (χ4n) is 1.61. The summed E-state index contributed by atoms with van der Waals surface area (Å²) in [6.45, 7) is 3.85. The van der Waals surface area contributed by atoms with Crippen LogP contribution in [0.25, 0.3) is 5.70 Å². The molecule has 2 aromatic carbocycles. The van der Waals surface area contributed by atoms with Crippen LogP contribution in [0.5, 0.6) is 11.5 Å². The Balaban J connectivity index is 2.11. The van der Waals surface area contributed by atoms with Crippen molar-refractivity contribution in [3.05, 3.63) is 60.7 Å². The molecule has 3 N–H and O–H groups in total. The Bertz CT molecular complexity index is 565. The molecule has 2 aromatic rings. The number of nitrogens with two attached hydrogens (primary N) is 1. The Kier molecular flexibility index (Phi) is 4.05. The summed E-state index contributed by atoms with van der Waals surface area (Å²) in [6.07, 6.45) is 0. The zero-order valence-electron chi connectivity index (χ0n) is 10.7. The van der Waals surface area contributed by atoms with Crippen molar-refractivity contribution < 1.29 is 9.57 Å². The number of hydrogen-bond donors (Lipinski definition) is 2. The largest absolute Gasteiger partial charge is 0.455 e. The van der Waals surface area contributed by atoms with E-state index < -0.39 is 0 Å². The van der Waals surface area contributed by atoms with Gasteiger partial charge in [0.05, 0.1) is 18.5 Å². The molecule has 0 fully saturated rings. The molecule has 0 atom stereocenters. The van der Waals surface area contributed by atoms with Gasteiger partial charge in [0.25, 0.3) is 0 Å². The molecule has 4 heteroatoms. The highest BCUT2D eigenvalue weighted by molar-refractivity contribution is 5.61. The van der Waals surface area contributed by atoms with Crippen molar-refractivity contribution in [1.29, 1.82) is 0 Å². The molecule has 0 aliphatic heterocycles. The number of nitrogens with one attached hydrogen (secondary N) is 1. The van der Waals surface area contributed by atoms with E-state index in [-0.39, 0.29) is 0 Å². The molecule has 0 aliphatic carbocycles. The Morgan fingerprint density at radius 2 is 1.79 bits per heavy atom. The number of ether oxygens (including phenoxy) is 1. The average molecular weight is 256 g/mol. The summed E-state index contributed by atoms with van der Waals surface area (Å²) in [4.78, 5) is 4.80. The number of nitrogen functional groups attached to an aromatic ring is 1. The predicted molar refractivity (Wildman–Crippen MR) is 76.5 cm³/mol. The molecule has 0 spiro atoms. The van der Waals surface area contributed by atoms with E-state index in [1.807, 2.05) is 42.5 Å². The Morgan fingerprint density at radius 3 is 2.42 bits per heavy atom. The second kappa shape index (κ2) is 5.93. The molecule has 2 rings (SSSR count). The topological polar surface area (TPSA) is 56.5 Å². The number of hydrogen-bond acceptors (Lipinski definition) is 4. The monoisotopic (exact) mass is 256 g/mol. The second-order valence-electron chi connectivity index (χ2n) is 3.95. The first-order chi connectivity index (χ1) is 9.20. The van der Waals surface area contributed by atoms with Crippen LogP contribution in [0.4, 0.5) is 5.69 Å². The van der Waals surface area contributed by atoms with Crippen molar-refractivity contribution >= 4 is 11.4 Å². The van der Waals surface area contributed by atoms with Crippen LogP contribution < -0.4 is 16.0 Å². The van der Waals surface area contributed by atoms with E-state index in [1.165, 1.54) is 0 Å². The maximum atomic E-state index is 5.82. The van der Waals surface area contributed by atoms with E-state index in [1.54, 1.807) is 13.2 Å². The van der Waals surface area contributed by atoms with Crippen LogP contribution in [0.1, 0.15) is 5.56 Å². The van der Waals surface area contributed by atoms with Crippen molar-refractivity contribution in [1.82, 2.24) is 5.48 Å². The molecule has 0 radical (unpaired) electrons. The van der Waals surface area contributed by atoms with Gasteiger partial charge in [-0.05, 0) is 42.0 Å². The highest BCUT2D eigenvalue weighted by atomic mass is 16.6. The van der Waals surface area contributed by atoms with Crippen molar-refractivity contribution in [3.63, 3.8) is 0 Å². The van der Waals surface area contributed by atoms with E-state index in [0.717, 1.165) is 5.56 Å². The molecular weight excluding hydrogens is 240 g/mol. The third-order valence-corrected chi connectivity index (χ3v) is 2.57. The van der Waals surface area contributed by atoms with Crippen LogP contribution in [-0.2, 0) is 4.84 Å². The molecular formula is C15H16N2O2. The molecule has 4 nitrogen and oxygen atoms in total. The summed E-state index contributed by atoms with van der Waals surface area (Å²) in [5, 5.41) is 0. The molecule has 0 bridgehead atoms. The van der Waals surface area contributed by atoms with Crippen molar-refractivity contribution in [2.24, 2.45) is 0 Å². The van der Waals surface area contributed by atoms with Gasteiger partial charge in [-0.2, -0.15) is 0 Å². The first-order valence-corrected chi connectivity index (χ1v) is 5.81. The fourth-order valence-corrected chi connectivity index (χ4v) is 1.61. The Hall–Kier alpha value is -2.46. The first kappa shape index (κ1) is 13.0. The minimum Gasteiger partial charge on any atom is -0.455 e. The van der Waals surface area contributed by atoms with Gasteiger partial charge in [-0.25, -0.2) is 0 Å². The van der Waals surface area contributed by atoms with Gasteiger partial charge >= 0.3 is 0 Å². The van der Waals surface area contributed by atoms with Crippen LogP contribution in [0, 0.1) is 0 Å². The van der Waals surface area contributed by atoms with E-state index >= 15 is 0 Å². The van der Waals surface area contributed by atoms with E-state index in [9.17, 15) is 0 Å². The number of para-hydroxylation sites is 2. The summed E-state index contributed by atoms with van der Waals surface area (Å²) in [6, 6.07) is 14.9. The van der Waals surface area contributed by atoms with Gasteiger partial charge < -0.3 is 10.5 Å². The predicted octanol–water partition coefficient (Wildman–Crippen LogP) is 3.18. The highest BCUT2D eigenvalue weighted by Gasteiger charge is 2.02. The lowest BCUT2D eigenvalue weighted by Crippen LogP contribution is -2.08. The van der Waals surface area contributed by atoms with E-state index in [4.69, 9.17) is 15.3 Å². The van der Waals surface area contributed by atoms with E-state index in [2.05, 4.69) is 12.1 Å². The minimum atomic E-state index is 0.608. The summed E-state index contributed by atoms with van der Waals surface area (Å²) < 4.78 is 5.70. The molecule has 0 heterocycles. The van der Waals surface area contributed by atoms with Crippen molar-refractivity contribution in [2.45, 2.75) is 0 Å². The summed E-state index contributed by atoms with van der Waals surface area (Å²) in [7, 11) is 1.54. The van der Waals surface area contributed by atoms with Crippen molar-refractivity contribution in [3.8, 4) is 11.5 Å². The third kappa shape index (κ3) is 3.26. The maximum absolute atomic E-state index is 5.82. The molecule has 98 valence electrons. The standard InChI is InChI=1S/C15H16N2O2/c1-11(17-18-2)12-7-9-13(10-8-12)19-15-6-4-3-5-14(15)16/h3-10,17H,1,16H2,2H3. The summed E-state index contributed by atoms with van der Waals surface area (Å²) >= 11 is 0. The lowest BCUT2D eigenvalue weighted by atomic mass is 10.2. The van der Waals surface area contributed by atoms with Gasteiger partial charge in [-0.1, -0.05) is 18.7 Å². The molecule has 0 aliphatic rings. The third-order valence-electron chi connectivity index (χ3n) is 2.57. The summed E-state index contributed by atoms with van der Waals surface area (Å²) in [5.74, 6) is 1.36.